The van der Waals surface area contributed by atoms with Crippen LogP contribution in [0.4, 0.5) is 0 Å². The van der Waals surface area contributed by atoms with Gasteiger partial charge in [-0.15, -0.1) is 0 Å². The van der Waals surface area contributed by atoms with Crippen molar-refractivity contribution in [1.82, 2.24) is 10.3 Å². The Labute approximate surface area is 127 Å². The highest BCUT2D eigenvalue weighted by Gasteiger charge is 2.04. The van der Waals surface area contributed by atoms with Crippen molar-refractivity contribution in [1.29, 1.82) is 0 Å². The Morgan fingerprint density at radius 1 is 1.10 bits per heavy atom. The van der Waals surface area contributed by atoms with E-state index in [-0.39, 0.29) is 0 Å². The van der Waals surface area contributed by atoms with E-state index >= 15 is 0 Å². The third kappa shape index (κ3) is 5.20. The maximum atomic E-state index is 5.67. The molecule has 1 aromatic heterocycles. The molecule has 0 radical (unpaired) electrons. The summed E-state index contributed by atoms with van der Waals surface area (Å²) in [5.74, 6) is 0.953. The van der Waals surface area contributed by atoms with E-state index in [0.717, 1.165) is 31.7 Å². The SMILES string of the molecule is CCCCOc1ccc(CNC(C)c2ccncc2)cc1. The van der Waals surface area contributed by atoms with Crippen LogP contribution in [0, 0.1) is 0 Å². The second kappa shape index (κ2) is 8.42. The number of aromatic nitrogens is 1. The summed E-state index contributed by atoms with van der Waals surface area (Å²) in [6.45, 7) is 5.98. The van der Waals surface area contributed by atoms with Crippen LogP contribution in [-0.4, -0.2) is 11.6 Å². The molecule has 0 bridgehead atoms. The molecule has 0 aliphatic heterocycles. The fraction of sp³-hybridized carbons (Fsp3) is 0.389. The molecular weight excluding hydrogens is 260 g/mol. The molecule has 112 valence electrons. The summed E-state index contributed by atoms with van der Waals surface area (Å²) in [4.78, 5) is 4.04. The Balaban J connectivity index is 1.80. The van der Waals surface area contributed by atoms with Gasteiger partial charge in [0.2, 0.25) is 0 Å². The van der Waals surface area contributed by atoms with E-state index in [1.807, 2.05) is 36.7 Å². The largest absolute Gasteiger partial charge is 0.494 e. The molecular formula is C18H24N2O. The minimum absolute atomic E-state index is 0.313. The molecule has 0 amide bonds. The molecule has 1 aromatic carbocycles. The van der Waals surface area contributed by atoms with Crippen LogP contribution in [0.2, 0.25) is 0 Å². The van der Waals surface area contributed by atoms with Crippen molar-refractivity contribution in [3.8, 4) is 5.75 Å². The first kappa shape index (κ1) is 15.5. The summed E-state index contributed by atoms with van der Waals surface area (Å²) in [6.07, 6.45) is 5.92. The third-order valence-electron chi connectivity index (χ3n) is 3.51. The molecule has 0 spiro atoms. The van der Waals surface area contributed by atoms with Gasteiger partial charge >= 0.3 is 0 Å². The van der Waals surface area contributed by atoms with Crippen molar-refractivity contribution >= 4 is 0 Å². The lowest BCUT2D eigenvalue weighted by atomic mass is 10.1. The van der Waals surface area contributed by atoms with Crippen LogP contribution in [0.5, 0.6) is 5.75 Å². The topological polar surface area (TPSA) is 34.1 Å². The van der Waals surface area contributed by atoms with Gasteiger partial charge in [-0.25, -0.2) is 0 Å². The Kier molecular flexibility index (Phi) is 6.22. The molecule has 3 heteroatoms. The van der Waals surface area contributed by atoms with Crippen LogP contribution in [0.1, 0.15) is 43.9 Å². The van der Waals surface area contributed by atoms with Gasteiger partial charge in [-0.2, -0.15) is 0 Å². The number of pyridine rings is 1. The van der Waals surface area contributed by atoms with Gasteiger partial charge in [-0.3, -0.25) is 4.98 Å². The maximum Gasteiger partial charge on any atom is 0.119 e. The average molecular weight is 284 g/mol. The van der Waals surface area contributed by atoms with Crippen LogP contribution in [0.3, 0.4) is 0 Å². The third-order valence-corrected chi connectivity index (χ3v) is 3.51. The first-order valence-electron chi connectivity index (χ1n) is 7.64. The van der Waals surface area contributed by atoms with Crippen LogP contribution < -0.4 is 10.1 Å². The zero-order chi connectivity index (χ0) is 14.9. The molecule has 2 aromatic rings. The molecule has 1 unspecified atom stereocenters. The maximum absolute atomic E-state index is 5.67. The van der Waals surface area contributed by atoms with Gasteiger partial charge in [-0.05, 0) is 48.7 Å². The molecule has 0 saturated heterocycles. The number of nitrogens with zero attached hydrogens (tertiary/aromatic N) is 1. The van der Waals surface area contributed by atoms with Gasteiger partial charge in [0.15, 0.2) is 0 Å². The normalized spacial score (nSPS) is 12.1. The fourth-order valence-electron chi connectivity index (χ4n) is 2.08. The van der Waals surface area contributed by atoms with Gasteiger partial charge in [0.1, 0.15) is 5.75 Å². The molecule has 21 heavy (non-hydrogen) atoms. The van der Waals surface area contributed by atoms with E-state index in [0.29, 0.717) is 6.04 Å². The van der Waals surface area contributed by atoms with Crippen LogP contribution in [0.15, 0.2) is 48.8 Å². The number of benzene rings is 1. The number of hydrogen-bond acceptors (Lipinski definition) is 3. The predicted octanol–water partition coefficient (Wildman–Crippen LogP) is 4.11. The van der Waals surface area contributed by atoms with Gasteiger partial charge in [-0.1, -0.05) is 25.5 Å². The minimum Gasteiger partial charge on any atom is -0.494 e. The fourth-order valence-corrected chi connectivity index (χ4v) is 2.08. The van der Waals surface area contributed by atoms with Crippen molar-refractivity contribution in [2.24, 2.45) is 0 Å². The van der Waals surface area contributed by atoms with Crippen molar-refractivity contribution in [3.63, 3.8) is 0 Å². The van der Waals surface area contributed by atoms with Gasteiger partial charge in [0, 0.05) is 25.0 Å². The van der Waals surface area contributed by atoms with Crippen LogP contribution in [-0.2, 0) is 6.54 Å². The lowest BCUT2D eigenvalue weighted by Gasteiger charge is -2.14. The van der Waals surface area contributed by atoms with Gasteiger partial charge in [0.25, 0.3) is 0 Å². The van der Waals surface area contributed by atoms with Crippen LogP contribution >= 0.6 is 0 Å². The molecule has 0 aliphatic carbocycles. The highest BCUT2D eigenvalue weighted by atomic mass is 16.5. The second-order valence-corrected chi connectivity index (χ2v) is 5.23. The summed E-state index contributed by atoms with van der Waals surface area (Å²) < 4.78 is 5.67. The number of nitrogens with one attached hydrogen (secondary N) is 1. The first-order chi connectivity index (χ1) is 10.3. The number of unbranched alkanes of at least 4 members (excludes halogenated alkanes) is 1. The number of hydrogen-bond donors (Lipinski definition) is 1. The van der Waals surface area contributed by atoms with E-state index in [9.17, 15) is 0 Å². The zero-order valence-electron chi connectivity index (χ0n) is 12.9. The van der Waals surface area contributed by atoms with E-state index in [2.05, 4.69) is 36.3 Å². The molecule has 1 N–H and O–H groups in total. The standard InChI is InChI=1S/C18H24N2O/c1-3-4-13-21-18-7-5-16(6-8-18)14-20-15(2)17-9-11-19-12-10-17/h5-12,15,20H,3-4,13-14H2,1-2H3. The minimum atomic E-state index is 0.313. The van der Waals surface area contributed by atoms with Gasteiger partial charge in [0.05, 0.1) is 6.61 Å². The Bertz CT molecular complexity index is 511. The van der Waals surface area contributed by atoms with Crippen molar-refractivity contribution in [2.75, 3.05) is 6.61 Å². The van der Waals surface area contributed by atoms with E-state index in [1.54, 1.807) is 0 Å². The van der Waals surface area contributed by atoms with Gasteiger partial charge < -0.3 is 10.1 Å². The molecule has 3 nitrogen and oxygen atoms in total. The van der Waals surface area contributed by atoms with E-state index < -0.39 is 0 Å². The highest BCUT2D eigenvalue weighted by molar-refractivity contribution is 5.27. The smallest absolute Gasteiger partial charge is 0.119 e. The lowest BCUT2D eigenvalue weighted by Crippen LogP contribution is -2.18. The second-order valence-electron chi connectivity index (χ2n) is 5.23. The highest BCUT2D eigenvalue weighted by Crippen LogP contribution is 2.15. The lowest BCUT2D eigenvalue weighted by molar-refractivity contribution is 0.309. The zero-order valence-corrected chi connectivity index (χ0v) is 12.9. The quantitative estimate of drug-likeness (QED) is 0.741. The number of ether oxygens (including phenoxy) is 1. The van der Waals surface area contributed by atoms with E-state index in [1.165, 1.54) is 11.1 Å². The average Bonchev–Trinajstić information content (AvgIpc) is 2.55. The molecule has 0 aliphatic rings. The summed E-state index contributed by atoms with van der Waals surface area (Å²) >= 11 is 0. The Morgan fingerprint density at radius 2 is 1.81 bits per heavy atom. The molecule has 0 fully saturated rings. The Morgan fingerprint density at radius 3 is 2.48 bits per heavy atom. The molecule has 0 saturated carbocycles. The summed E-state index contributed by atoms with van der Waals surface area (Å²) in [5, 5.41) is 3.52. The summed E-state index contributed by atoms with van der Waals surface area (Å²) in [7, 11) is 0. The summed E-state index contributed by atoms with van der Waals surface area (Å²) in [6, 6.07) is 12.7. The first-order valence-corrected chi connectivity index (χ1v) is 7.64. The Hall–Kier alpha value is -1.87. The molecule has 1 atom stereocenters. The monoisotopic (exact) mass is 284 g/mol. The molecule has 2 rings (SSSR count). The number of rotatable bonds is 8. The van der Waals surface area contributed by atoms with Crippen molar-refractivity contribution < 1.29 is 4.74 Å². The predicted molar refractivity (Wildman–Crippen MR) is 86.3 cm³/mol. The van der Waals surface area contributed by atoms with E-state index in [4.69, 9.17) is 4.74 Å². The van der Waals surface area contributed by atoms with Crippen LogP contribution in [0.25, 0.3) is 0 Å². The molecule has 1 heterocycles. The van der Waals surface area contributed by atoms with Crippen molar-refractivity contribution in [3.05, 3.63) is 59.9 Å². The summed E-state index contributed by atoms with van der Waals surface area (Å²) in [5.41, 5.74) is 2.52. The van der Waals surface area contributed by atoms with Crippen molar-refractivity contribution in [2.45, 2.75) is 39.3 Å².